The molecule has 0 atom stereocenters. The van der Waals surface area contributed by atoms with Crippen LogP contribution in [0.5, 0.6) is 0 Å². The Morgan fingerprint density at radius 2 is 0.286 bits per heavy atom. The van der Waals surface area contributed by atoms with Gasteiger partial charge in [-0.15, -0.1) is 0 Å². The van der Waals surface area contributed by atoms with E-state index >= 15 is 0 Å². The number of hydrogen-bond acceptors (Lipinski definition) is 0. The normalized spacial score (nSPS) is 0. The summed E-state index contributed by atoms with van der Waals surface area (Å²) in [4.78, 5) is 0. The Bertz CT molecular complexity index is 33.0. The average Bonchev–Trinajstić information content (AvgIpc) is 0. The second-order valence-electron chi connectivity index (χ2n) is 0. The maximum absolute atomic E-state index is 0. The van der Waals surface area contributed by atoms with Crippen LogP contribution >= 0.6 is 0 Å². The first-order chi connectivity index (χ1) is 0. The van der Waals surface area contributed by atoms with E-state index in [0.717, 1.165) is 0 Å². The van der Waals surface area contributed by atoms with Crippen molar-refractivity contribution < 1.29 is 144 Å². The van der Waals surface area contributed by atoms with Crippen LogP contribution in [0.4, 0.5) is 9.41 Å². The Hall–Kier alpha value is 0.598. The summed E-state index contributed by atoms with van der Waals surface area (Å²) in [6.07, 6.45) is 0. The van der Waals surface area contributed by atoms with Crippen molar-refractivity contribution in [3.63, 3.8) is 0 Å². The molecule has 10 nitrogen and oxygen atoms in total. The molecule has 2 radical (unpaired) electrons. The summed E-state index contributed by atoms with van der Waals surface area (Å²) in [7, 11) is 0. The zero-order valence-electron chi connectivity index (χ0n) is 9.04. The SMILES string of the molecule is F.F.O.O.O.O.O.O.O.O.O.O.[Cu+2].[Cu+].[F-].[F-].[F-].[F-].[F-].[F-].[Fe+3]. The Kier molecular flexibility index (Phi) is 26900000. The molecule has 0 rings (SSSR count). The molecule has 0 aliphatic heterocycles. The molecule has 0 heterocycles. The first kappa shape index (κ1) is 25600. The fourth-order valence-corrected chi connectivity index (χ4v) is 0. The zero-order chi connectivity index (χ0) is 0. The summed E-state index contributed by atoms with van der Waals surface area (Å²) in [6.45, 7) is 0. The molecule has 0 aromatic carbocycles. The van der Waals surface area contributed by atoms with E-state index in [-0.39, 0.29) is 144 Å². The Labute approximate surface area is 144 Å². The molecule has 0 spiro atoms. The standard InChI is InChI=1S/2Cu.8FH.Fe.10H2O/h;;8*1H;;10*1H2/q+1;+2;;;;;;;;;+3;;;;;;;;;;/p-6. The molecule has 0 aliphatic rings. The number of rotatable bonds is 0. The molecule has 0 fully saturated rings. The fourth-order valence-electron chi connectivity index (χ4n) is 0. The van der Waals surface area contributed by atoms with Gasteiger partial charge in [0.15, 0.2) is 0 Å². The first-order valence-electron chi connectivity index (χ1n) is 0. The van der Waals surface area contributed by atoms with Crippen molar-refractivity contribution in [3.05, 3.63) is 0 Å². The van der Waals surface area contributed by atoms with Crippen molar-refractivity contribution in [2.24, 2.45) is 0 Å². The number of halogens is 8. The van der Waals surface area contributed by atoms with Crippen molar-refractivity contribution in [3.8, 4) is 0 Å². The molecule has 0 aromatic rings. The van der Waals surface area contributed by atoms with Gasteiger partial charge in [0.25, 0.3) is 0 Å². The third-order valence-corrected chi connectivity index (χ3v) is 0. The van der Waals surface area contributed by atoms with E-state index in [4.69, 9.17) is 0 Å². The molecule has 0 aliphatic carbocycles. The van der Waals surface area contributed by atoms with Crippen LogP contribution in [0.1, 0.15) is 0 Å². The molecule has 0 unspecified atom stereocenters. The van der Waals surface area contributed by atoms with E-state index in [1.807, 2.05) is 0 Å². The van der Waals surface area contributed by atoms with Crippen molar-refractivity contribution in [2.75, 3.05) is 0 Å². The molecule has 0 aromatic heterocycles. The van der Waals surface area contributed by atoms with Gasteiger partial charge in [-0.3, -0.25) is 9.41 Å². The van der Waals surface area contributed by atoms with Gasteiger partial charge < -0.3 is 83.0 Å². The second kappa shape index (κ2) is 22100. The maximum Gasteiger partial charge on any atom is 3.00 e. The van der Waals surface area contributed by atoms with Crippen LogP contribution in [0.3, 0.4) is 0 Å². The summed E-state index contributed by atoms with van der Waals surface area (Å²) in [6, 6.07) is 0. The summed E-state index contributed by atoms with van der Waals surface area (Å²) < 4.78 is 0. The third kappa shape index (κ3) is 19900. The zero-order valence-corrected chi connectivity index (χ0v) is 12.0. The molecule has 21 heteroatoms. The quantitative estimate of drug-likeness (QED) is 0.213. The summed E-state index contributed by atoms with van der Waals surface area (Å²) in [5.41, 5.74) is 0. The van der Waals surface area contributed by atoms with E-state index in [1.54, 1.807) is 0 Å². The minimum atomic E-state index is 0. The molecule has 0 saturated heterocycles. The van der Waals surface area contributed by atoms with Crippen LogP contribution < -0.4 is 28.2 Å². The first-order valence-corrected chi connectivity index (χ1v) is 0. The van der Waals surface area contributed by atoms with E-state index < -0.39 is 0 Å². The van der Waals surface area contributed by atoms with Gasteiger partial charge in [-0.1, -0.05) is 0 Å². The maximum atomic E-state index is 0. The molecule has 20 N–H and O–H groups in total. The van der Waals surface area contributed by atoms with Gasteiger partial charge in [0.05, 0.1) is 0 Å². The summed E-state index contributed by atoms with van der Waals surface area (Å²) >= 11 is 0. The van der Waals surface area contributed by atoms with Crippen LogP contribution in [0, 0.1) is 0 Å². The van der Waals surface area contributed by atoms with Gasteiger partial charge in [0, 0.05) is 0 Å². The predicted octanol–water partition coefficient (Wildman–Crippen LogP) is -25.9. The second-order valence-corrected chi connectivity index (χ2v) is 0. The minimum Gasteiger partial charge on any atom is -1.00 e. The van der Waals surface area contributed by atoms with Crippen LogP contribution in [-0.2, 0) is 51.2 Å². The van der Waals surface area contributed by atoms with E-state index in [2.05, 4.69) is 0 Å². The van der Waals surface area contributed by atoms with Crippen LogP contribution in [0.2, 0.25) is 0 Å². The van der Waals surface area contributed by atoms with Gasteiger partial charge in [-0.25, -0.2) is 0 Å². The van der Waals surface area contributed by atoms with Gasteiger partial charge in [-0.2, -0.15) is 0 Å². The van der Waals surface area contributed by atoms with Crippen LogP contribution in [0.25, 0.3) is 0 Å². The van der Waals surface area contributed by atoms with Gasteiger partial charge >= 0.3 is 51.2 Å². The molecule has 0 amide bonds. The topological polar surface area (TPSA) is 315 Å². The molecule has 0 saturated carbocycles. The molecular weight excluding hydrogens is 495 g/mol. The van der Waals surface area contributed by atoms with Gasteiger partial charge in [0.2, 0.25) is 0 Å². The number of hydrogen-bond donors (Lipinski definition) is 0. The monoisotopic (exact) mass is 516 g/mol. The molecule has 21 heavy (non-hydrogen) atoms. The van der Waals surface area contributed by atoms with Crippen molar-refractivity contribution in [2.45, 2.75) is 0 Å². The van der Waals surface area contributed by atoms with Crippen molar-refractivity contribution >= 4 is 0 Å². The summed E-state index contributed by atoms with van der Waals surface area (Å²) in [5.74, 6) is 0. The third-order valence-electron chi connectivity index (χ3n) is 0. The molecular formula is H22Cu2F8FeO10. The minimum absolute atomic E-state index is 0. The Morgan fingerprint density at radius 3 is 0.286 bits per heavy atom. The molecule has 0 bridgehead atoms. The van der Waals surface area contributed by atoms with Gasteiger partial charge in [0.1, 0.15) is 0 Å². The van der Waals surface area contributed by atoms with Crippen LogP contribution in [-0.4, -0.2) is 54.8 Å². The van der Waals surface area contributed by atoms with Crippen molar-refractivity contribution in [1.82, 2.24) is 0 Å². The summed E-state index contributed by atoms with van der Waals surface area (Å²) in [5, 5.41) is 0. The molecule has 168 valence electrons. The van der Waals surface area contributed by atoms with E-state index in [1.165, 1.54) is 0 Å². The van der Waals surface area contributed by atoms with Crippen molar-refractivity contribution in [1.29, 1.82) is 0 Å². The van der Waals surface area contributed by atoms with Gasteiger partial charge in [-0.05, 0) is 0 Å². The average molecular weight is 517 g/mol. The van der Waals surface area contributed by atoms with Crippen LogP contribution in [0.15, 0.2) is 0 Å². The van der Waals surface area contributed by atoms with E-state index in [0.29, 0.717) is 0 Å². The fraction of sp³-hybridized carbons (Fsp3) is 0. The Balaban J connectivity index is 0. The van der Waals surface area contributed by atoms with E-state index in [9.17, 15) is 0 Å². The largest absolute Gasteiger partial charge is 3.00 e. The Morgan fingerprint density at radius 1 is 0.286 bits per heavy atom. The smallest absolute Gasteiger partial charge is 1.00 e. The predicted molar refractivity (Wildman–Crippen MR) is 41.1 cm³/mol.